The van der Waals surface area contributed by atoms with E-state index in [0.29, 0.717) is 16.3 Å². The van der Waals surface area contributed by atoms with Crippen molar-refractivity contribution in [3.05, 3.63) is 22.8 Å². The number of halogens is 2. The molecule has 0 N–H and O–H groups in total. The Bertz CT molecular complexity index is 412. The molecule has 1 aliphatic heterocycles. The number of alkyl halides is 1. The predicted octanol–water partition coefficient (Wildman–Crippen LogP) is 4.49. The van der Waals surface area contributed by atoms with Crippen molar-refractivity contribution in [2.45, 2.75) is 39.0 Å². The second-order valence-corrected chi connectivity index (χ2v) is 6.09. The Morgan fingerprint density at radius 3 is 2.61 bits per heavy atom. The Labute approximate surface area is 119 Å². The quantitative estimate of drug-likeness (QED) is 0.761. The van der Waals surface area contributed by atoms with Gasteiger partial charge in [-0.3, -0.25) is 0 Å². The fourth-order valence-corrected chi connectivity index (χ4v) is 2.83. The summed E-state index contributed by atoms with van der Waals surface area (Å²) >= 11 is 11.9. The number of pyridine rings is 1. The first-order chi connectivity index (χ1) is 8.58. The van der Waals surface area contributed by atoms with Crippen LogP contribution in [0.2, 0.25) is 5.02 Å². The molecule has 0 atom stereocenters. The topological polar surface area (TPSA) is 16.1 Å². The summed E-state index contributed by atoms with van der Waals surface area (Å²) in [4.78, 5) is 6.76. The van der Waals surface area contributed by atoms with Crippen molar-refractivity contribution < 1.29 is 0 Å². The van der Waals surface area contributed by atoms with Crippen molar-refractivity contribution in [2.75, 3.05) is 18.0 Å². The molecule has 4 heteroatoms. The third-order valence-electron chi connectivity index (χ3n) is 4.21. The van der Waals surface area contributed by atoms with Crippen LogP contribution in [-0.2, 0) is 5.88 Å². The van der Waals surface area contributed by atoms with Crippen molar-refractivity contribution >= 4 is 29.0 Å². The molecule has 0 spiro atoms. The highest BCUT2D eigenvalue weighted by Crippen LogP contribution is 2.35. The predicted molar refractivity (Wildman–Crippen MR) is 78.6 cm³/mol. The summed E-state index contributed by atoms with van der Waals surface area (Å²) in [5.74, 6) is 1.45. The maximum Gasteiger partial charge on any atom is 0.128 e. The summed E-state index contributed by atoms with van der Waals surface area (Å²) in [6.45, 7) is 6.80. The van der Waals surface area contributed by atoms with Crippen LogP contribution in [0.25, 0.3) is 0 Å². The zero-order valence-corrected chi connectivity index (χ0v) is 12.6. The fraction of sp³-hybridized carbons (Fsp3) is 0.643. The van der Waals surface area contributed by atoms with Gasteiger partial charge in [0.05, 0.1) is 5.02 Å². The Morgan fingerprint density at radius 2 is 2.06 bits per heavy atom. The molecule has 0 saturated carbocycles. The minimum absolute atomic E-state index is 0.439. The molecule has 0 amide bonds. The maximum atomic E-state index is 6.04. The lowest BCUT2D eigenvalue weighted by molar-refractivity contribution is 0.238. The minimum atomic E-state index is 0.439. The molecule has 0 aromatic carbocycles. The van der Waals surface area contributed by atoms with Crippen molar-refractivity contribution in [1.82, 2.24) is 4.98 Å². The Hall–Kier alpha value is -0.470. The summed E-state index contributed by atoms with van der Waals surface area (Å²) in [5, 5.41) is 0.657. The third kappa shape index (κ3) is 2.92. The smallest absolute Gasteiger partial charge is 0.128 e. The van der Waals surface area contributed by atoms with E-state index in [4.69, 9.17) is 23.2 Å². The van der Waals surface area contributed by atoms with Crippen LogP contribution in [0, 0.1) is 5.41 Å². The van der Waals surface area contributed by atoms with E-state index in [1.54, 1.807) is 6.20 Å². The zero-order valence-electron chi connectivity index (χ0n) is 11.0. The van der Waals surface area contributed by atoms with Crippen LogP contribution in [0.15, 0.2) is 12.3 Å². The molecule has 1 aromatic heterocycles. The highest BCUT2D eigenvalue weighted by molar-refractivity contribution is 6.32. The Balaban J connectivity index is 2.10. The number of hydrogen-bond acceptors (Lipinski definition) is 2. The molecule has 2 rings (SSSR count). The van der Waals surface area contributed by atoms with Crippen LogP contribution in [-0.4, -0.2) is 18.1 Å². The minimum Gasteiger partial charge on any atom is -0.357 e. The number of anilines is 1. The van der Waals surface area contributed by atoms with Crippen LogP contribution < -0.4 is 4.90 Å². The Morgan fingerprint density at radius 1 is 1.39 bits per heavy atom. The first-order valence-corrected chi connectivity index (χ1v) is 7.44. The van der Waals surface area contributed by atoms with Gasteiger partial charge in [0.2, 0.25) is 0 Å². The lowest BCUT2D eigenvalue weighted by Gasteiger charge is -2.39. The molecule has 1 aromatic rings. The van der Waals surface area contributed by atoms with Crippen LogP contribution in [0.1, 0.15) is 38.7 Å². The number of rotatable bonds is 3. The molecule has 0 unspecified atom stereocenters. The lowest BCUT2D eigenvalue weighted by atomic mass is 9.78. The number of nitrogens with zero attached hydrogens (tertiary/aromatic N) is 2. The molecular weight excluding hydrogens is 267 g/mol. The number of hydrogen-bond donors (Lipinski definition) is 0. The van der Waals surface area contributed by atoms with E-state index in [1.807, 2.05) is 6.07 Å². The molecule has 1 aliphatic rings. The van der Waals surface area contributed by atoms with E-state index < -0.39 is 0 Å². The normalized spacial score (nSPS) is 19.0. The van der Waals surface area contributed by atoms with E-state index in [9.17, 15) is 0 Å². The van der Waals surface area contributed by atoms with Gasteiger partial charge < -0.3 is 4.90 Å². The van der Waals surface area contributed by atoms with Gasteiger partial charge in [0, 0.05) is 25.2 Å². The maximum absolute atomic E-state index is 6.04. The molecule has 2 nitrogen and oxygen atoms in total. The summed E-state index contributed by atoms with van der Waals surface area (Å²) in [5.41, 5.74) is 1.46. The molecule has 0 radical (unpaired) electrons. The van der Waals surface area contributed by atoms with Crippen molar-refractivity contribution in [3.8, 4) is 0 Å². The lowest BCUT2D eigenvalue weighted by Crippen LogP contribution is -2.38. The molecule has 1 fully saturated rings. The van der Waals surface area contributed by atoms with Crippen molar-refractivity contribution in [2.24, 2.45) is 5.41 Å². The van der Waals surface area contributed by atoms with Crippen LogP contribution in [0.5, 0.6) is 0 Å². The average Bonchev–Trinajstić information content (AvgIpc) is 2.40. The number of piperidine rings is 1. The second kappa shape index (κ2) is 5.66. The summed E-state index contributed by atoms with van der Waals surface area (Å²) in [6, 6.07) is 2.02. The van der Waals surface area contributed by atoms with Gasteiger partial charge in [-0.05, 0) is 29.9 Å². The summed E-state index contributed by atoms with van der Waals surface area (Å²) in [6.07, 6.45) is 5.41. The van der Waals surface area contributed by atoms with Crippen LogP contribution in [0.4, 0.5) is 5.82 Å². The SMILES string of the molecule is CCC1(C)CCN(c2cc(CCl)c(Cl)cn2)CC1. The molecule has 0 bridgehead atoms. The zero-order chi connectivity index (χ0) is 13.2. The summed E-state index contributed by atoms with van der Waals surface area (Å²) in [7, 11) is 0. The monoisotopic (exact) mass is 286 g/mol. The van der Waals surface area contributed by atoms with Crippen molar-refractivity contribution in [1.29, 1.82) is 0 Å². The third-order valence-corrected chi connectivity index (χ3v) is 4.84. The van der Waals surface area contributed by atoms with Gasteiger partial charge in [-0.2, -0.15) is 0 Å². The average molecular weight is 287 g/mol. The van der Waals surface area contributed by atoms with Gasteiger partial charge in [-0.25, -0.2) is 4.98 Å². The van der Waals surface area contributed by atoms with Crippen molar-refractivity contribution in [3.63, 3.8) is 0 Å². The second-order valence-electron chi connectivity index (χ2n) is 5.42. The molecule has 18 heavy (non-hydrogen) atoms. The van der Waals surface area contributed by atoms with Gasteiger partial charge in [0.25, 0.3) is 0 Å². The molecule has 2 heterocycles. The van der Waals surface area contributed by atoms with Crippen LogP contribution in [0.3, 0.4) is 0 Å². The van der Waals surface area contributed by atoms with Gasteiger partial charge in [-0.15, -0.1) is 11.6 Å². The first-order valence-electron chi connectivity index (χ1n) is 6.53. The summed E-state index contributed by atoms with van der Waals surface area (Å²) < 4.78 is 0. The molecule has 100 valence electrons. The first kappa shape index (κ1) is 14.0. The highest BCUT2D eigenvalue weighted by Gasteiger charge is 2.28. The van der Waals surface area contributed by atoms with E-state index >= 15 is 0 Å². The van der Waals surface area contributed by atoms with Gasteiger partial charge in [0.1, 0.15) is 5.82 Å². The standard InChI is InChI=1S/C14H20Cl2N2/c1-3-14(2)4-6-18(7-5-14)13-8-11(9-15)12(16)10-17-13/h8,10H,3-7,9H2,1-2H3. The molecular formula is C14H20Cl2N2. The Kier molecular flexibility index (Phi) is 4.39. The highest BCUT2D eigenvalue weighted by atomic mass is 35.5. The number of aromatic nitrogens is 1. The van der Waals surface area contributed by atoms with Gasteiger partial charge >= 0.3 is 0 Å². The largest absolute Gasteiger partial charge is 0.357 e. The van der Waals surface area contributed by atoms with Gasteiger partial charge in [0.15, 0.2) is 0 Å². The van der Waals surface area contributed by atoms with E-state index in [-0.39, 0.29) is 0 Å². The van der Waals surface area contributed by atoms with Gasteiger partial charge in [-0.1, -0.05) is 31.9 Å². The van der Waals surface area contributed by atoms with E-state index in [0.717, 1.165) is 24.5 Å². The molecule has 0 aliphatic carbocycles. The van der Waals surface area contributed by atoms with Crippen LogP contribution >= 0.6 is 23.2 Å². The fourth-order valence-electron chi connectivity index (χ4n) is 2.37. The van der Waals surface area contributed by atoms with E-state index in [2.05, 4.69) is 23.7 Å². The molecule has 1 saturated heterocycles. The van der Waals surface area contributed by atoms with E-state index in [1.165, 1.54) is 19.3 Å².